The van der Waals surface area contributed by atoms with Gasteiger partial charge in [-0.1, -0.05) is 30.3 Å². The summed E-state index contributed by atoms with van der Waals surface area (Å²) in [4.78, 5) is 10.6. The smallest absolute Gasteiger partial charge is 0.229 e. The van der Waals surface area contributed by atoms with E-state index in [-0.39, 0.29) is 5.88 Å². The number of aromatic hydroxyl groups is 1. The second kappa shape index (κ2) is 6.73. The standard InChI is InChI=1S/C20H25N3O2/c24-19-12-21-18(11-22-19)6-7-23-13-16-9-20(25,10-17(16)14-23)8-15-4-2-1-3-5-15/h1-5,11-12,16-17,25H,6-10,13-14H2,(H,22,24)/t16-,17+,20-. The topological polar surface area (TPSA) is 69.5 Å². The first-order valence-electron chi connectivity index (χ1n) is 9.08. The molecule has 2 N–H and O–H groups in total. The lowest BCUT2D eigenvalue weighted by molar-refractivity contribution is 0.0355. The molecule has 3 atom stereocenters. The molecule has 2 aliphatic rings. The van der Waals surface area contributed by atoms with Gasteiger partial charge in [-0.15, -0.1) is 0 Å². The minimum absolute atomic E-state index is 0.0304. The van der Waals surface area contributed by atoms with Gasteiger partial charge in [0.15, 0.2) is 0 Å². The number of benzene rings is 1. The average molecular weight is 339 g/mol. The highest BCUT2D eigenvalue weighted by atomic mass is 16.3. The minimum Gasteiger partial charge on any atom is -0.492 e. The number of aromatic nitrogens is 2. The maximum Gasteiger partial charge on any atom is 0.229 e. The molecule has 1 aliphatic heterocycles. The maximum atomic E-state index is 11.0. The Balaban J connectivity index is 1.29. The van der Waals surface area contributed by atoms with Crippen molar-refractivity contribution in [1.82, 2.24) is 14.9 Å². The first-order valence-corrected chi connectivity index (χ1v) is 9.08. The molecule has 1 aromatic heterocycles. The molecule has 1 aromatic carbocycles. The van der Waals surface area contributed by atoms with Crippen molar-refractivity contribution in [2.75, 3.05) is 19.6 Å². The fraction of sp³-hybridized carbons (Fsp3) is 0.500. The molecule has 2 aromatic rings. The van der Waals surface area contributed by atoms with E-state index in [0.717, 1.165) is 51.0 Å². The molecule has 1 saturated carbocycles. The van der Waals surface area contributed by atoms with Crippen LogP contribution in [0.3, 0.4) is 0 Å². The van der Waals surface area contributed by atoms with E-state index in [1.807, 2.05) is 18.2 Å². The van der Waals surface area contributed by atoms with Crippen molar-refractivity contribution in [3.63, 3.8) is 0 Å². The van der Waals surface area contributed by atoms with Crippen LogP contribution in [0.2, 0.25) is 0 Å². The van der Waals surface area contributed by atoms with Crippen LogP contribution in [0.25, 0.3) is 0 Å². The maximum absolute atomic E-state index is 11.0. The van der Waals surface area contributed by atoms with Crippen LogP contribution in [0.5, 0.6) is 5.88 Å². The largest absolute Gasteiger partial charge is 0.492 e. The molecule has 0 spiro atoms. The lowest BCUT2D eigenvalue weighted by Gasteiger charge is -2.26. The van der Waals surface area contributed by atoms with Gasteiger partial charge in [-0.2, -0.15) is 0 Å². The summed E-state index contributed by atoms with van der Waals surface area (Å²) in [6.07, 6.45) is 6.47. The Hall–Kier alpha value is -1.98. The highest BCUT2D eigenvalue weighted by Crippen LogP contribution is 2.45. The lowest BCUT2D eigenvalue weighted by atomic mass is 9.91. The molecule has 25 heavy (non-hydrogen) atoms. The van der Waals surface area contributed by atoms with Gasteiger partial charge in [0, 0.05) is 32.5 Å². The summed E-state index contributed by atoms with van der Waals surface area (Å²) in [5.74, 6) is 1.16. The quantitative estimate of drug-likeness (QED) is 0.872. The van der Waals surface area contributed by atoms with Gasteiger partial charge in [-0.3, -0.25) is 4.98 Å². The van der Waals surface area contributed by atoms with Crippen molar-refractivity contribution in [2.45, 2.75) is 31.3 Å². The van der Waals surface area contributed by atoms with Crippen molar-refractivity contribution < 1.29 is 10.2 Å². The van der Waals surface area contributed by atoms with Crippen LogP contribution in [0.4, 0.5) is 0 Å². The molecular weight excluding hydrogens is 314 g/mol. The highest BCUT2D eigenvalue weighted by Gasteiger charge is 2.47. The van der Waals surface area contributed by atoms with Crippen molar-refractivity contribution >= 4 is 0 Å². The van der Waals surface area contributed by atoms with E-state index in [0.29, 0.717) is 11.8 Å². The van der Waals surface area contributed by atoms with E-state index >= 15 is 0 Å². The van der Waals surface area contributed by atoms with Gasteiger partial charge in [0.05, 0.1) is 23.7 Å². The van der Waals surface area contributed by atoms with Gasteiger partial charge in [0.25, 0.3) is 0 Å². The summed E-state index contributed by atoms with van der Waals surface area (Å²) < 4.78 is 0. The molecule has 2 heterocycles. The Morgan fingerprint density at radius 1 is 1.04 bits per heavy atom. The minimum atomic E-state index is -0.536. The molecule has 1 saturated heterocycles. The fourth-order valence-corrected chi connectivity index (χ4v) is 4.61. The number of likely N-dealkylation sites (tertiary alicyclic amines) is 1. The van der Waals surface area contributed by atoms with Crippen LogP contribution in [-0.4, -0.2) is 50.3 Å². The lowest BCUT2D eigenvalue weighted by Crippen LogP contribution is -2.32. The number of hydrogen-bond acceptors (Lipinski definition) is 5. The first-order chi connectivity index (χ1) is 12.1. The second-order valence-corrected chi connectivity index (χ2v) is 7.69. The van der Waals surface area contributed by atoms with Crippen LogP contribution >= 0.6 is 0 Å². The molecular formula is C20H25N3O2. The molecule has 4 rings (SSSR count). The summed E-state index contributed by atoms with van der Waals surface area (Å²) in [5.41, 5.74) is 1.61. The Labute approximate surface area is 148 Å². The van der Waals surface area contributed by atoms with Crippen LogP contribution in [-0.2, 0) is 12.8 Å². The number of hydrogen-bond donors (Lipinski definition) is 2. The van der Waals surface area contributed by atoms with Gasteiger partial charge in [0.2, 0.25) is 5.88 Å². The van der Waals surface area contributed by atoms with Gasteiger partial charge >= 0.3 is 0 Å². The predicted molar refractivity (Wildman–Crippen MR) is 95.2 cm³/mol. The zero-order valence-electron chi connectivity index (χ0n) is 14.4. The molecule has 1 aliphatic carbocycles. The fourth-order valence-electron chi connectivity index (χ4n) is 4.61. The number of nitrogens with zero attached hydrogens (tertiary/aromatic N) is 3. The monoisotopic (exact) mass is 339 g/mol. The molecule has 0 radical (unpaired) electrons. The van der Waals surface area contributed by atoms with E-state index in [4.69, 9.17) is 0 Å². The zero-order chi connectivity index (χ0) is 17.3. The Kier molecular flexibility index (Phi) is 4.44. The SMILES string of the molecule is Oc1cnc(CCN2C[C@@H]3C[C@@](O)(Cc4ccccc4)C[C@@H]3C2)cn1. The van der Waals surface area contributed by atoms with E-state index in [9.17, 15) is 10.2 Å². The molecule has 2 fully saturated rings. The molecule has 5 nitrogen and oxygen atoms in total. The van der Waals surface area contributed by atoms with Crippen molar-refractivity contribution in [3.05, 3.63) is 54.0 Å². The van der Waals surface area contributed by atoms with Crippen molar-refractivity contribution in [3.8, 4) is 5.88 Å². The third kappa shape index (κ3) is 3.83. The molecule has 5 heteroatoms. The van der Waals surface area contributed by atoms with Gasteiger partial charge in [0.1, 0.15) is 0 Å². The third-order valence-electron chi connectivity index (χ3n) is 5.69. The normalized spacial score (nSPS) is 29.0. The zero-order valence-corrected chi connectivity index (χ0v) is 14.4. The molecule has 0 amide bonds. The number of aliphatic hydroxyl groups is 1. The van der Waals surface area contributed by atoms with E-state index in [2.05, 4.69) is 27.0 Å². The summed E-state index contributed by atoms with van der Waals surface area (Å²) in [7, 11) is 0. The molecule has 0 bridgehead atoms. The Morgan fingerprint density at radius 2 is 1.76 bits per heavy atom. The summed E-state index contributed by atoms with van der Waals surface area (Å²) in [6, 6.07) is 10.3. The number of fused-ring (bicyclic) bond motifs is 1. The first kappa shape index (κ1) is 16.5. The van der Waals surface area contributed by atoms with Crippen LogP contribution < -0.4 is 0 Å². The van der Waals surface area contributed by atoms with E-state index < -0.39 is 5.60 Å². The van der Waals surface area contributed by atoms with E-state index in [1.165, 1.54) is 11.8 Å². The van der Waals surface area contributed by atoms with Gasteiger partial charge in [-0.25, -0.2) is 4.98 Å². The van der Waals surface area contributed by atoms with E-state index in [1.54, 1.807) is 6.20 Å². The molecule has 132 valence electrons. The second-order valence-electron chi connectivity index (χ2n) is 7.69. The van der Waals surface area contributed by atoms with Gasteiger partial charge < -0.3 is 15.1 Å². The summed E-state index contributed by atoms with van der Waals surface area (Å²) in [5, 5.41) is 20.2. The van der Waals surface area contributed by atoms with Crippen molar-refractivity contribution in [1.29, 1.82) is 0 Å². The Bertz CT molecular complexity index is 691. The van der Waals surface area contributed by atoms with Crippen LogP contribution in [0, 0.1) is 11.8 Å². The highest BCUT2D eigenvalue weighted by molar-refractivity contribution is 5.18. The molecule has 0 unspecified atom stereocenters. The summed E-state index contributed by atoms with van der Waals surface area (Å²) >= 11 is 0. The Morgan fingerprint density at radius 3 is 2.40 bits per heavy atom. The third-order valence-corrected chi connectivity index (χ3v) is 5.69. The predicted octanol–water partition coefficient (Wildman–Crippen LogP) is 2.04. The van der Waals surface area contributed by atoms with Crippen LogP contribution in [0.15, 0.2) is 42.7 Å². The van der Waals surface area contributed by atoms with Crippen molar-refractivity contribution in [2.24, 2.45) is 11.8 Å². The summed E-state index contributed by atoms with van der Waals surface area (Å²) in [6.45, 7) is 3.09. The average Bonchev–Trinajstić information content (AvgIpc) is 3.09. The van der Waals surface area contributed by atoms with Gasteiger partial charge in [-0.05, 0) is 30.2 Å². The van der Waals surface area contributed by atoms with Crippen LogP contribution in [0.1, 0.15) is 24.1 Å². The number of rotatable bonds is 5.